The largest absolute Gasteiger partial charge is 0.449 e. The van der Waals surface area contributed by atoms with Gasteiger partial charge in [0, 0.05) is 5.92 Å². The number of nitrogens with one attached hydrogen (secondary N) is 2. The highest BCUT2D eigenvalue weighted by molar-refractivity contribution is 5.79. The molecule has 1 aromatic heterocycles. The maximum Gasteiger partial charge on any atom is 0.407 e. The molecule has 4 aromatic rings. The first-order chi connectivity index (χ1) is 14.7. The van der Waals surface area contributed by atoms with Crippen LogP contribution in [0.2, 0.25) is 0 Å². The third-order valence-electron chi connectivity index (χ3n) is 5.40. The number of ether oxygens (including phenoxy) is 1. The molecule has 0 fully saturated rings. The topological polar surface area (TPSA) is 90.8 Å². The van der Waals surface area contributed by atoms with Gasteiger partial charge in [-0.2, -0.15) is 5.26 Å². The summed E-state index contributed by atoms with van der Waals surface area (Å²) in [5, 5.41) is 11.7. The number of nitriles is 1. The maximum absolute atomic E-state index is 12.3. The van der Waals surface area contributed by atoms with Crippen molar-refractivity contribution in [1.82, 2.24) is 15.3 Å². The zero-order valence-corrected chi connectivity index (χ0v) is 16.1. The number of nitrogens with zero attached hydrogens (tertiary/aromatic N) is 2. The van der Waals surface area contributed by atoms with Crippen molar-refractivity contribution in [1.29, 1.82) is 5.26 Å². The first-order valence-electron chi connectivity index (χ1n) is 9.70. The summed E-state index contributed by atoms with van der Waals surface area (Å²) < 4.78 is 5.54. The third-order valence-corrected chi connectivity index (χ3v) is 5.40. The number of carbonyl (C=O) groups excluding carboxylic acids is 1. The molecule has 1 aliphatic rings. The molecule has 0 atom stereocenters. The lowest BCUT2D eigenvalue weighted by molar-refractivity contribution is 0.142. The van der Waals surface area contributed by atoms with Crippen molar-refractivity contribution in [3.05, 3.63) is 89.2 Å². The van der Waals surface area contributed by atoms with E-state index in [4.69, 9.17) is 10.00 Å². The van der Waals surface area contributed by atoms with E-state index in [1.54, 1.807) is 18.2 Å². The van der Waals surface area contributed by atoms with Crippen LogP contribution in [0.15, 0.2) is 66.7 Å². The minimum atomic E-state index is -0.491. The Morgan fingerprint density at radius 1 is 1.07 bits per heavy atom. The molecule has 0 spiro atoms. The van der Waals surface area contributed by atoms with Crippen molar-refractivity contribution < 1.29 is 9.53 Å². The molecule has 6 nitrogen and oxygen atoms in total. The number of aromatic nitrogens is 2. The number of alkyl carbamates (subject to hydrolysis) is 1. The number of aromatic amines is 1. The maximum atomic E-state index is 12.3. The van der Waals surface area contributed by atoms with E-state index < -0.39 is 6.09 Å². The standard InChI is InChI=1S/C24H18N4O2/c25-12-15-9-10-21-22(11-15)28-23(27-21)13-26-24(29)30-14-20-18-7-3-1-5-16(18)17-6-2-4-8-19(17)20/h1-11,20H,13-14H2,(H,26,29)(H,27,28). The second-order valence-corrected chi connectivity index (χ2v) is 7.21. The molecule has 6 heteroatoms. The van der Waals surface area contributed by atoms with Gasteiger partial charge in [-0.1, -0.05) is 48.5 Å². The van der Waals surface area contributed by atoms with E-state index >= 15 is 0 Å². The molecule has 2 N–H and O–H groups in total. The van der Waals surface area contributed by atoms with Crippen molar-refractivity contribution in [2.75, 3.05) is 6.61 Å². The lowest BCUT2D eigenvalue weighted by Gasteiger charge is -2.14. The Hall–Kier alpha value is -4.11. The number of carbonyl (C=O) groups is 1. The Morgan fingerprint density at radius 2 is 1.77 bits per heavy atom. The summed E-state index contributed by atoms with van der Waals surface area (Å²) in [5.74, 6) is 0.632. The van der Waals surface area contributed by atoms with Crippen LogP contribution >= 0.6 is 0 Å². The van der Waals surface area contributed by atoms with Gasteiger partial charge < -0.3 is 15.0 Å². The van der Waals surface area contributed by atoms with Crippen molar-refractivity contribution in [3.63, 3.8) is 0 Å². The number of imidazole rings is 1. The van der Waals surface area contributed by atoms with Crippen LogP contribution in [0.1, 0.15) is 28.4 Å². The van der Waals surface area contributed by atoms with Gasteiger partial charge in [0.25, 0.3) is 0 Å². The van der Waals surface area contributed by atoms with E-state index in [9.17, 15) is 4.79 Å². The van der Waals surface area contributed by atoms with Gasteiger partial charge in [0.15, 0.2) is 0 Å². The molecule has 1 heterocycles. The van der Waals surface area contributed by atoms with Gasteiger partial charge in [0.2, 0.25) is 0 Å². The summed E-state index contributed by atoms with van der Waals surface area (Å²) >= 11 is 0. The molecular formula is C24H18N4O2. The Labute approximate surface area is 173 Å². The molecule has 5 rings (SSSR count). The fourth-order valence-corrected chi connectivity index (χ4v) is 4.02. The Kier molecular flexibility index (Phi) is 4.41. The number of rotatable bonds is 4. The number of amides is 1. The molecule has 3 aromatic carbocycles. The molecule has 30 heavy (non-hydrogen) atoms. The van der Waals surface area contributed by atoms with E-state index in [1.165, 1.54) is 22.3 Å². The predicted molar refractivity (Wildman–Crippen MR) is 113 cm³/mol. The van der Waals surface area contributed by atoms with Crippen LogP contribution in [-0.2, 0) is 11.3 Å². The van der Waals surface area contributed by atoms with Crippen LogP contribution in [-0.4, -0.2) is 22.7 Å². The first-order valence-corrected chi connectivity index (χ1v) is 9.70. The predicted octanol–water partition coefficient (Wildman–Crippen LogP) is 4.47. The molecule has 0 saturated carbocycles. The highest BCUT2D eigenvalue weighted by Gasteiger charge is 2.28. The van der Waals surface area contributed by atoms with E-state index in [0.29, 0.717) is 11.4 Å². The van der Waals surface area contributed by atoms with Gasteiger partial charge in [-0.05, 0) is 40.5 Å². The summed E-state index contributed by atoms with van der Waals surface area (Å²) in [4.78, 5) is 19.8. The minimum absolute atomic E-state index is 0.0266. The molecule has 1 amide bonds. The SMILES string of the molecule is N#Cc1ccc2nc(CNC(=O)OCC3c4ccccc4-c4ccccc43)[nH]c2c1. The molecule has 0 saturated heterocycles. The molecule has 0 bridgehead atoms. The van der Waals surface area contributed by atoms with Crippen molar-refractivity contribution >= 4 is 17.1 Å². The van der Waals surface area contributed by atoms with Crippen LogP contribution in [0.3, 0.4) is 0 Å². The monoisotopic (exact) mass is 394 g/mol. The fourth-order valence-electron chi connectivity index (χ4n) is 4.02. The number of hydrogen-bond donors (Lipinski definition) is 2. The second-order valence-electron chi connectivity index (χ2n) is 7.21. The Balaban J connectivity index is 1.24. The van der Waals surface area contributed by atoms with E-state index in [1.807, 2.05) is 24.3 Å². The van der Waals surface area contributed by atoms with Crippen LogP contribution in [0.5, 0.6) is 0 Å². The first kappa shape index (κ1) is 18.0. The summed E-state index contributed by atoms with van der Waals surface area (Å²) in [5.41, 5.74) is 6.82. The zero-order valence-electron chi connectivity index (χ0n) is 16.1. The van der Waals surface area contributed by atoms with Gasteiger partial charge in [-0.15, -0.1) is 0 Å². The summed E-state index contributed by atoms with van der Waals surface area (Å²) in [6.45, 7) is 0.485. The normalized spacial score (nSPS) is 12.2. The minimum Gasteiger partial charge on any atom is -0.449 e. The fraction of sp³-hybridized carbons (Fsp3) is 0.125. The number of benzene rings is 3. The van der Waals surface area contributed by atoms with E-state index in [-0.39, 0.29) is 19.1 Å². The number of hydrogen-bond acceptors (Lipinski definition) is 4. The van der Waals surface area contributed by atoms with Gasteiger partial charge >= 0.3 is 6.09 Å². The smallest absolute Gasteiger partial charge is 0.407 e. The Bertz CT molecular complexity index is 1260. The average Bonchev–Trinajstić information content (AvgIpc) is 3.34. The molecular weight excluding hydrogens is 376 g/mol. The summed E-state index contributed by atoms with van der Waals surface area (Å²) in [6.07, 6.45) is -0.491. The highest BCUT2D eigenvalue weighted by Crippen LogP contribution is 2.44. The van der Waals surface area contributed by atoms with Crippen molar-refractivity contribution in [2.45, 2.75) is 12.5 Å². The second kappa shape index (κ2) is 7.37. The number of H-pyrrole nitrogens is 1. The molecule has 1 aliphatic carbocycles. The molecule has 146 valence electrons. The lowest BCUT2D eigenvalue weighted by atomic mass is 9.98. The molecule has 0 radical (unpaired) electrons. The van der Waals surface area contributed by atoms with Crippen LogP contribution < -0.4 is 5.32 Å². The van der Waals surface area contributed by atoms with Crippen LogP contribution in [0, 0.1) is 11.3 Å². The van der Waals surface area contributed by atoms with Crippen molar-refractivity contribution in [2.24, 2.45) is 0 Å². The van der Waals surface area contributed by atoms with Crippen LogP contribution in [0.25, 0.3) is 22.2 Å². The summed E-state index contributed by atoms with van der Waals surface area (Å²) in [6, 6.07) is 23.8. The zero-order chi connectivity index (χ0) is 20.5. The highest BCUT2D eigenvalue weighted by atomic mass is 16.5. The molecule has 0 unspecified atom stereocenters. The van der Waals surface area contributed by atoms with Gasteiger partial charge in [0.1, 0.15) is 12.4 Å². The quantitative estimate of drug-likeness (QED) is 0.534. The van der Waals surface area contributed by atoms with Crippen molar-refractivity contribution in [3.8, 4) is 17.2 Å². The molecule has 0 aliphatic heterocycles. The van der Waals surface area contributed by atoms with E-state index in [2.05, 4.69) is 45.6 Å². The number of fused-ring (bicyclic) bond motifs is 4. The van der Waals surface area contributed by atoms with E-state index in [0.717, 1.165) is 11.0 Å². The Morgan fingerprint density at radius 3 is 2.47 bits per heavy atom. The third kappa shape index (κ3) is 3.16. The van der Waals surface area contributed by atoms with Gasteiger partial charge in [0.05, 0.1) is 29.2 Å². The lowest BCUT2D eigenvalue weighted by Crippen LogP contribution is -2.26. The van der Waals surface area contributed by atoms with Gasteiger partial charge in [-0.25, -0.2) is 9.78 Å². The average molecular weight is 394 g/mol. The van der Waals surface area contributed by atoms with Crippen LogP contribution in [0.4, 0.5) is 4.79 Å². The summed E-state index contributed by atoms with van der Waals surface area (Å²) in [7, 11) is 0. The van der Waals surface area contributed by atoms with Gasteiger partial charge in [-0.3, -0.25) is 0 Å².